The average molecular weight is 300 g/mol. The van der Waals surface area contributed by atoms with Gasteiger partial charge in [0.25, 0.3) is 11.8 Å². The van der Waals surface area contributed by atoms with E-state index in [0.29, 0.717) is 12.1 Å². The van der Waals surface area contributed by atoms with Gasteiger partial charge in [-0.15, -0.1) is 0 Å². The van der Waals surface area contributed by atoms with E-state index in [-0.39, 0.29) is 11.6 Å². The highest BCUT2D eigenvalue weighted by Crippen LogP contribution is 2.28. The van der Waals surface area contributed by atoms with Gasteiger partial charge in [0.15, 0.2) is 0 Å². The van der Waals surface area contributed by atoms with Gasteiger partial charge in [0.05, 0.1) is 6.04 Å². The Balaban J connectivity index is 1.92. The van der Waals surface area contributed by atoms with Crippen LogP contribution in [0.25, 0.3) is 0 Å². The van der Waals surface area contributed by atoms with E-state index >= 15 is 0 Å². The summed E-state index contributed by atoms with van der Waals surface area (Å²) in [6.07, 6.45) is 0.479. The van der Waals surface area contributed by atoms with Crippen LogP contribution in [-0.4, -0.2) is 41.7 Å². The summed E-state index contributed by atoms with van der Waals surface area (Å²) in [5.41, 5.74) is 7.56. The smallest absolute Gasteiger partial charge is 0.324 e. The first-order valence-electron chi connectivity index (χ1n) is 6.90. The Labute approximate surface area is 127 Å². The van der Waals surface area contributed by atoms with E-state index in [1.54, 1.807) is 0 Å². The van der Waals surface area contributed by atoms with Gasteiger partial charge in [0.1, 0.15) is 5.57 Å². The minimum absolute atomic E-state index is 0.00975. The molecule has 2 N–H and O–H groups in total. The number of hydrogen-bond donors (Lipinski definition) is 2. The van der Waals surface area contributed by atoms with Crippen LogP contribution >= 0.6 is 0 Å². The summed E-state index contributed by atoms with van der Waals surface area (Å²) in [5, 5.41) is 0. The Morgan fingerprint density at radius 1 is 1.00 bits per heavy atom. The van der Waals surface area contributed by atoms with Gasteiger partial charge in [-0.2, -0.15) is 0 Å². The number of nitrogens with zero attached hydrogens (tertiary/aromatic N) is 2. The third-order valence-electron chi connectivity index (χ3n) is 3.92. The molecule has 2 heterocycles. The standard InChI is InChI=1S/C15H16N4O3/c1-18-13(20)12(14(21)19(2)15(18)22)11-8-10(16-17-11)9-6-4-3-5-7-9/h3-7,10,16-17H,8H2,1-2H3. The summed E-state index contributed by atoms with van der Waals surface area (Å²) in [5.74, 6) is -1.16. The topological polar surface area (TPSA) is 81.8 Å². The molecule has 2 fully saturated rings. The Hall–Kier alpha value is -2.67. The molecule has 1 atom stereocenters. The van der Waals surface area contributed by atoms with Crippen LogP contribution in [0.5, 0.6) is 0 Å². The molecule has 0 aromatic heterocycles. The lowest BCUT2D eigenvalue weighted by Crippen LogP contribution is -2.53. The largest absolute Gasteiger partial charge is 0.333 e. The SMILES string of the molecule is CN1C(=O)C(=C2CC(c3ccccc3)NN2)C(=O)N(C)C1=O. The van der Waals surface area contributed by atoms with E-state index < -0.39 is 17.8 Å². The fourth-order valence-electron chi connectivity index (χ4n) is 2.62. The van der Waals surface area contributed by atoms with Crippen LogP contribution in [0.15, 0.2) is 41.6 Å². The van der Waals surface area contributed by atoms with Crippen molar-refractivity contribution in [2.75, 3.05) is 14.1 Å². The average Bonchev–Trinajstić information content (AvgIpc) is 3.02. The molecule has 2 aliphatic rings. The summed E-state index contributed by atoms with van der Waals surface area (Å²) in [6.45, 7) is 0. The Morgan fingerprint density at radius 2 is 1.59 bits per heavy atom. The van der Waals surface area contributed by atoms with Crippen LogP contribution < -0.4 is 10.9 Å². The van der Waals surface area contributed by atoms with Gasteiger partial charge in [-0.05, 0) is 5.56 Å². The van der Waals surface area contributed by atoms with Gasteiger partial charge in [0.2, 0.25) is 0 Å². The van der Waals surface area contributed by atoms with E-state index in [2.05, 4.69) is 10.9 Å². The van der Waals surface area contributed by atoms with Crippen molar-refractivity contribution in [3.63, 3.8) is 0 Å². The van der Waals surface area contributed by atoms with Crippen molar-refractivity contribution in [2.45, 2.75) is 12.5 Å². The number of rotatable bonds is 1. The van der Waals surface area contributed by atoms with E-state index in [0.717, 1.165) is 15.4 Å². The molecule has 4 amide bonds. The first-order chi connectivity index (χ1) is 10.5. The van der Waals surface area contributed by atoms with Crippen LogP contribution in [0.1, 0.15) is 18.0 Å². The summed E-state index contributed by atoms with van der Waals surface area (Å²) < 4.78 is 0. The van der Waals surface area contributed by atoms with Gasteiger partial charge in [-0.25, -0.2) is 10.2 Å². The molecular formula is C15H16N4O3. The molecule has 3 rings (SSSR count). The number of imide groups is 2. The number of hydrogen-bond acceptors (Lipinski definition) is 5. The van der Waals surface area contributed by atoms with Crippen LogP contribution in [0.2, 0.25) is 0 Å². The third-order valence-corrected chi connectivity index (χ3v) is 3.92. The maximum atomic E-state index is 12.3. The predicted molar refractivity (Wildman–Crippen MR) is 78.0 cm³/mol. The molecule has 2 aliphatic heterocycles. The molecule has 1 aromatic carbocycles. The van der Waals surface area contributed by atoms with Crippen molar-refractivity contribution in [2.24, 2.45) is 0 Å². The zero-order valence-electron chi connectivity index (χ0n) is 12.3. The first kappa shape index (κ1) is 14.3. The summed E-state index contributed by atoms with van der Waals surface area (Å²) in [6, 6.07) is 9.08. The van der Waals surface area contributed by atoms with Gasteiger partial charge in [-0.1, -0.05) is 30.3 Å². The molecule has 7 heteroatoms. The second kappa shape index (κ2) is 5.27. The van der Waals surface area contributed by atoms with Crippen molar-refractivity contribution in [3.05, 3.63) is 47.2 Å². The molecule has 0 bridgehead atoms. The fourth-order valence-corrected chi connectivity index (χ4v) is 2.62. The van der Waals surface area contributed by atoms with Crippen molar-refractivity contribution in [3.8, 4) is 0 Å². The number of carbonyl (C=O) groups is 3. The first-order valence-corrected chi connectivity index (χ1v) is 6.90. The van der Waals surface area contributed by atoms with Gasteiger partial charge >= 0.3 is 6.03 Å². The monoisotopic (exact) mass is 300 g/mol. The van der Waals surface area contributed by atoms with Crippen LogP contribution in [-0.2, 0) is 9.59 Å². The summed E-state index contributed by atoms with van der Waals surface area (Å²) >= 11 is 0. The highest BCUT2D eigenvalue weighted by molar-refractivity contribution is 6.28. The lowest BCUT2D eigenvalue weighted by Gasteiger charge is -2.29. The van der Waals surface area contributed by atoms with E-state index in [4.69, 9.17) is 0 Å². The van der Waals surface area contributed by atoms with Crippen molar-refractivity contribution in [1.29, 1.82) is 0 Å². The lowest BCUT2D eigenvalue weighted by molar-refractivity contribution is -0.134. The maximum Gasteiger partial charge on any atom is 0.333 e. The molecule has 1 aromatic rings. The number of nitrogens with one attached hydrogen (secondary N) is 2. The van der Waals surface area contributed by atoms with Gasteiger partial charge < -0.3 is 5.43 Å². The zero-order valence-corrected chi connectivity index (χ0v) is 12.3. The number of amides is 4. The van der Waals surface area contributed by atoms with Gasteiger partial charge in [-0.3, -0.25) is 19.4 Å². The molecule has 7 nitrogen and oxygen atoms in total. The number of benzene rings is 1. The quantitative estimate of drug-likeness (QED) is 0.584. The lowest BCUT2D eigenvalue weighted by atomic mass is 10.0. The van der Waals surface area contributed by atoms with Crippen molar-refractivity contribution in [1.82, 2.24) is 20.7 Å². The Kier molecular flexibility index (Phi) is 3.42. The minimum atomic E-state index is -0.620. The number of likely N-dealkylation sites (N-methyl/N-ethyl adjacent to an activating group) is 2. The van der Waals surface area contributed by atoms with Crippen LogP contribution in [0, 0.1) is 0 Å². The van der Waals surface area contributed by atoms with Crippen molar-refractivity contribution < 1.29 is 14.4 Å². The predicted octanol–water partition coefficient (Wildman–Crippen LogP) is 0.530. The molecule has 0 radical (unpaired) electrons. The molecule has 114 valence electrons. The second-order valence-electron chi connectivity index (χ2n) is 5.30. The molecule has 0 saturated carbocycles. The Bertz CT molecular complexity index is 657. The second-order valence-corrected chi connectivity index (χ2v) is 5.30. The van der Waals surface area contributed by atoms with Crippen LogP contribution in [0.4, 0.5) is 4.79 Å². The highest BCUT2D eigenvalue weighted by atomic mass is 16.2. The Morgan fingerprint density at radius 3 is 2.18 bits per heavy atom. The molecule has 2 saturated heterocycles. The van der Waals surface area contributed by atoms with E-state index in [1.165, 1.54) is 14.1 Å². The third kappa shape index (κ3) is 2.15. The normalized spacial score (nSPS) is 22.5. The van der Waals surface area contributed by atoms with Crippen LogP contribution in [0.3, 0.4) is 0 Å². The molecule has 0 spiro atoms. The highest BCUT2D eigenvalue weighted by Gasteiger charge is 2.41. The molecule has 22 heavy (non-hydrogen) atoms. The number of urea groups is 1. The van der Waals surface area contributed by atoms with E-state index in [9.17, 15) is 14.4 Å². The zero-order chi connectivity index (χ0) is 15.9. The summed E-state index contributed by atoms with van der Waals surface area (Å²) in [4.78, 5) is 38.1. The fraction of sp³-hybridized carbons (Fsp3) is 0.267. The van der Waals surface area contributed by atoms with E-state index in [1.807, 2.05) is 30.3 Å². The molecule has 1 unspecified atom stereocenters. The van der Waals surface area contributed by atoms with Crippen molar-refractivity contribution >= 4 is 17.8 Å². The van der Waals surface area contributed by atoms with Gasteiger partial charge in [0, 0.05) is 26.2 Å². The summed E-state index contributed by atoms with van der Waals surface area (Å²) in [7, 11) is 2.73. The maximum absolute atomic E-state index is 12.3. The minimum Gasteiger partial charge on any atom is -0.324 e. The number of hydrazine groups is 1. The number of carbonyl (C=O) groups excluding carboxylic acids is 3. The molecule has 0 aliphatic carbocycles. The number of barbiturate groups is 1. The molecular weight excluding hydrogens is 284 g/mol.